The molecule has 1 heterocycles. The van der Waals surface area contributed by atoms with Crippen LogP contribution in [0.2, 0.25) is 0 Å². The van der Waals surface area contributed by atoms with Crippen LogP contribution in [-0.4, -0.2) is 24.2 Å². The maximum absolute atomic E-state index is 11.6. The molecule has 7 nitrogen and oxygen atoms in total. The Balaban J connectivity index is 1.96. The number of carbonyl (C=O) groups excluding carboxylic acids is 1. The quantitative estimate of drug-likeness (QED) is 0.375. The fourth-order valence-electron chi connectivity index (χ4n) is 1.57. The molecular weight excluding hydrogens is 234 g/mol. The molecule has 2 aromatic rings. The van der Waals surface area contributed by atoms with E-state index in [-0.39, 0.29) is 18.9 Å². The zero-order valence-electron chi connectivity index (χ0n) is 9.54. The smallest absolute Gasteiger partial charge is 0.226 e. The number of nitrogens with zero attached hydrogens (tertiary/aromatic N) is 4. The lowest BCUT2D eigenvalue weighted by Crippen LogP contribution is -2.27. The molecule has 0 spiro atoms. The predicted octanol–water partition coefficient (Wildman–Crippen LogP) is 1.80. The van der Waals surface area contributed by atoms with Gasteiger partial charge in [-0.15, -0.1) is 0 Å². The van der Waals surface area contributed by atoms with Crippen molar-refractivity contribution in [1.82, 2.24) is 10.5 Å². The van der Waals surface area contributed by atoms with Crippen LogP contribution in [-0.2, 0) is 11.2 Å². The maximum atomic E-state index is 11.6. The van der Waals surface area contributed by atoms with Gasteiger partial charge in [0.05, 0.1) is 6.42 Å². The second-order valence-electron chi connectivity index (χ2n) is 3.61. The van der Waals surface area contributed by atoms with Gasteiger partial charge in [0.1, 0.15) is 5.69 Å². The maximum Gasteiger partial charge on any atom is 0.226 e. The summed E-state index contributed by atoms with van der Waals surface area (Å²) in [6.07, 6.45) is 0.146. The lowest BCUT2D eigenvalue weighted by molar-refractivity contribution is -0.120. The number of carbonyl (C=O) groups is 1. The first-order chi connectivity index (χ1) is 8.81. The monoisotopic (exact) mass is 245 g/mol. The summed E-state index contributed by atoms with van der Waals surface area (Å²) in [7, 11) is 0. The number of rotatable bonds is 5. The van der Waals surface area contributed by atoms with E-state index in [1.54, 1.807) is 6.07 Å². The third kappa shape index (κ3) is 2.78. The summed E-state index contributed by atoms with van der Waals surface area (Å²) < 4.78 is 5.10. The number of benzene rings is 1. The van der Waals surface area contributed by atoms with Gasteiger partial charge < -0.3 is 9.84 Å². The van der Waals surface area contributed by atoms with E-state index in [4.69, 9.17) is 10.1 Å². The predicted molar refractivity (Wildman–Crippen MR) is 64.7 cm³/mol. The molecule has 0 radical (unpaired) electrons. The lowest BCUT2D eigenvalue weighted by Gasteiger charge is -2.00. The lowest BCUT2D eigenvalue weighted by atomic mass is 10.1. The SMILES string of the molecule is [N-]=[N+]=NCCNC(=O)Cc1noc2ccccc12. The minimum absolute atomic E-state index is 0.146. The Morgan fingerprint density at radius 2 is 2.33 bits per heavy atom. The topological polar surface area (TPSA) is 104 Å². The van der Waals surface area contributed by atoms with E-state index in [1.807, 2.05) is 18.2 Å². The van der Waals surface area contributed by atoms with E-state index < -0.39 is 0 Å². The first kappa shape index (κ1) is 11.9. The van der Waals surface area contributed by atoms with Crippen molar-refractivity contribution in [2.45, 2.75) is 6.42 Å². The summed E-state index contributed by atoms with van der Waals surface area (Å²) in [5, 5.41) is 10.7. The molecule has 7 heteroatoms. The molecular formula is C11H11N5O2. The zero-order chi connectivity index (χ0) is 12.8. The molecule has 0 saturated heterocycles. The summed E-state index contributed by atoms with van der Waals surface area (Å²) >= 11 is 0. The molecule has 0 bridgehead atoms. The van der Waals surface area contributed by atoms with Crippen LogP contribution in [0.3, 0.4) is 0 Å². The minimum atomic E-state index is -0.179. The van der Waals surface area contributed by atoms with Crippen molar-refractivity contribution in [2.75, 3.05) is 13.1 Å². The van der Waals surface area contributed by atoms with Crippen LogP contribution in [0, 0.1) is 0 Å². The first-order valence-electron chi connectivity index (χ1n) is 5.42. The van der Waals surface area contributed by atoms with E-state index in [0.717, 1.165) is 5.39 Å². The van der Waals surface area contributed by atoms with Crippen LogP contribution in [0.15, 0.2) is 33.9 Å². The van der Waals surface area contributed by atoms with Crippen molar-refractivity contribution >= 4 is 16.9 Å². The third-order valence-corrected chi connectivity index (χ3v) is 2.38. The Kier molecular flexibility index (Phi) is 3.78. The molecule has 1 amide bonds. The normalized spacial score (nSPS) is 10.0. The van der Waals surface area contributed by atoms with Crippen molar-refractivity contribution in [3.05, 3.63) is 40.4 Å². The number of amides is 1. The van der Waals surface area contributed by atoms with Crippen molar-refractivity contribution < 1.29 is 9.32 Å². The Morgan fingerprint density at radius 3 is 3.17 bits per heavy atom. The van der Waals surface area contributed by atoms with Crippen LogP contribution >= 0.6 is 0 Å². The molecule has 0 aliphatic heterocycles. The van der Waals surface area contributed by atoms with Gasteiger partial charge in [0.15, 0.2) is 5.58 Å². The molecule has 0 aliphatic carbocycles. The average Bonchev–Trinajstić information content (AvgIpc) is 2.78. The Bertz CT molecular complexity index is 600. The van der Waals surface area contributed by atoms with E-state index in [1.165, 1.54) is 0 Å². The van der Waals surface area contributed by atoms with Crippen molar-refractivity contribution in [2.24, 2.45) is 5.11 Å². The largest absolute Gasteiger partial charge is 0.356 e. The van der Waals surface area contributed by atoms with Crippen molar-refractivity contribution in [1.29, 1.82) is 0 Å². The minimum Gasteiger partial charge on any atom is -0.356 e. The number of hydrogen-bond acceptors (Lipinski definition) is 4. The van der Waals surface area contributed by atoms with Gasteiger partial charge in [-0.1, -0.05) is 22.4 Å². The van der Waals surface area contributed by atoms with E-state index in [9.17, 15) is 4.79 Å². The average molecular weight is 245 g/mol. The highest BCUT2D eigenvalue weighted by Crippen LogP contribution is 2.17. The molecule has 0 unspecified atom stereocenters. The number of hydrogen-bond donors (Lipinski definition) is 1. The number of azide groups is 1. The van der Waals surface area contributed by atoms with Crippen molar-refractivity contribution in [3.8, 4) is 0 Å². The highest BCUT2D eigenvalue weighted by molar-refractivity contribution is 5.86. The summed E-state index contributed by atoms with van der Waals surface area (Å²) in [5.41, 5.74) is 9.35. The third-order valence-electron chi connectivity index (χ3n) is 2.38. The van der Waals surface area contributed by atoms with Crippen LogP contribution in [0.5, 0.6) is 0 Å². The van der Waals surface area contributed by atoms with E-state index >= 15 is 0 Å². The molecule has 1 aromatic carbocycles. The van der Waals surface area contributed by atoms with E-state index in [2.05, 4.69) is 20.5 Å². The summed E-state index contributed by atoms with van der Waals surface area (Å²) in [4.78, 5) is 14.2. The molecule has 92 valence electrons. The standard InChI is InChI=1S/C11H11N5O2/c12-16-14-6-5-13-11(17)7-9-8-3-1-2-4-10(8)18-15-9/h1-4H,5-7H2,(H,13,17). The number of fused-ring (bicyclic) bond motifs is 1. The number of nitrogens with one attached hydrogen (secondary N) is 1. The molecule has 1 N–H and O–H groups in total. The Hall–Kier alpha value is -2.53. The number of para-hydroxylation sites is 1. The van der Waals surface area contributed by atoms with Gasteiger partial charge in [-0.2, -0.15) is 0 Å². The van der Waals surface area contributed by atoms with Crippen molar-refractivity contribution in [3.63, 3.8) is 0 Å². The highest BCUT2D eigenvalue weighted by Gasteiger charge is 2.11. The second-order valence-corrected chi connectivity index (χ2v) is 3.61. The van der Waals surface area contributed by atoms with Gasteiger partial charge >= 0.3 is 0 Å². The van der Waals surface area contributed by atoms with Gasteiger partial charge in [0.2, 0.25) is 5.91 Å². The van der Waals surface area contributed by atoms with Gasteiger partial charge in [0.25, 0.3) is 0 Å². The molecule has 1 aromatic heterocycles. The highest BCUT2D eigenvalue weighted by atomic mass is 16.5. The van der Waals surface area contributed by atoms with Crippen LogP contribution < -0.4 is 5.32 Å². The fourth-order valence-corrected chi connectivity index (χ4v) is 1.57. The summed E-state index contributed by atoms with van der Waals surface area (Å²) in [6, 6.07) is 7.36. The van der Waals surface area contributed by atoms with Crippen LogP contribution in [0.25, 0.3) is 21.4 Å². The summed E-state index contributed by atoms with van der Waals surface area (Å²) in [5.74, 6) is -0.179. The molecule has 0 atom stereocenters. The molecule has 0 saturated carbocycles. The van der Waals surface area contributed by atoms with Gasteiger partial charge in [-0.25, -0.2) is 0 Å². The molecule has 2 rings (SSSR count). The first-order valence-corrected chi connectivity index (χ1v) is 5.42. The Labute approximate surface area is 102 Å². The molecule has 0 fully saturated rings. The van der Waals surface area contributed by atoms with E-state index in [0.29, 0.717) is 17.8 Å². The molecule has 0 aliphatic rings. The van der Waals surface area contributed by atoms with Gasteiger partial charge in [-0.05, 0) is 17.7 Å². The summed E-state index contributed by atoms with van der Waals surface area (Å²) in [6.45, 7) is 0.556. The fraction of sp³-hybridized carbons (Fsp3) is 0.273. The number of aromatic nitrogens is 1. The second kappa shape index (κ2) is 5.70. The van der Waals surface area contributed by atoms with Gasteiger partial charge in [0, 0.05) is 23.4 Å². The zero-order valence-corrected chi connectivity index (χ0v) is 9.54. The van der Waals surface area contributed by atoms with Gasteiger partial charge in [-0.3, -0.25) is 4.79 Å². The Morgan fingerprint density at radius 1 is 1.50 bits per heavy atom. The van der Waals surface area contributed by atoms with Crippen LogP contribution in [0.1, 0.15) is 5.69 Å². The van der Waals surface area contributed by atoms with Crippen LogP contribution in [0.4, 0.5) is 0 Å². The molecule has 18 heavy (non-hydrogen) atoms.